The Hall–Kier alpha value is -2.13. The van der Waals surface area contributed by atoms with E-state index in [1.807, 2.05) is 12.1 Å². The Morgan fingerprint density at radius 2 is 1.74 bits per heavy atom. The van der Waals surface area contributed by atoms with Gasteiger partial charge in [0.25, 0.3) is 0 Å². The number of aryl methyl sites for hydroxylation is 3. The maximum atomic E-state index is 5.86. The summed E-state index contributed by atoms with van der Waals surface area (Å²) in [6.45, 7) is 11.7. The Balaban J connectivity index is 1.59. The monoisotopic (exact) mass is 379 g/mol. The normalized spacial score (nSPS) is 11.6. The van der Waals surface area contributed by atoms with Crippen molar-refractivity contribution in [2.75, 3.05) is 6.61 Å². The topological polar surface area (TPSA) is 22.1 Å². The molecule has 0 atom stereocenters. The Kier molecular flexibility index (Phi) is 6.01. The van der Waals surface area contributed by atoms with Gasteiger partial charge in [0.1, 0.15) is 10.8 Å². The molecule has 1 heterocycles. The minimum Gasteiger partial charge on any atom is -0.494 e. The molecule has 0 aliphatic carbocycles. The Bertz CT molecular complexity index is 887. The van der Waals surface area contributed by atoms with Crippen molar-refractivity contribution in [3.8, 4) is 16.3 Å². The Morgan fingerprint density at radius 1 is 1.00 bits per heavy atom. The van der Waals surface area contributed by atoms with Crippen LogP contribution in [0.3, 0.4) is 0 Å². The number of hydrogen-bond donors (Lipinski definition) is 0. The highest BCUT2D eigenvalue weighted by Crippen LogP contribution is 2.30. The molecular weight excluding hydrogens is 350 g/mol. The van der Waals surface area contributed by atoms with Gasteiger partial charge in [0.2, 0.25) is 0 Å². The van der Waals surface area contributed by atoms with Crippen LogP contribution < -0.4 is 4.74 Å². The molecule has 0 N–H and O–H groups in total. The second kappa shape index (κ2) is 8.26. The van der Waals surface area contributed by atoms with Crippen molar-refractivity contribution < 1.29 is 4.74 Å². The van der Waals surface area contributed by atoms with Gasteiger partial charge in [0, 0.05) is 10.4 Å². The zero-order valence-electron chi connectivity index (χ0n) is 17.0. The summed E-state index contributed by atoms with van der Waals surface area (Å²) in [5, 5.41) is 1.11. The molecule has 3 aromatic rings. The van der Waals surface area contributed by atoms with Crippen LogP contribution in [0.15, 0.2) is 48.5 Å². The van der Waals surface area contributed by atoms with E-state index < -0.39 is 0 Å². The summed E-state index contributed by atoms with van der Waals surface area (Å²) in [5.74, 6) is 0.949. The quantitative estimate of drug-likeness (QED) is 0.443. The predicted molar refractivity (Wildman–Crippen MR) is 116 cm³/mol. The third kappa shape index (κ3) is 5.20. The van der Waals surface area contributed by atoms with Crippen LogP contribution in [0, 0.1) is 13.8 Å². The molecule has 0 saturated heterocycles. The molecule has 3 rings (SSSR count). The predicted octanol–water partition coefficient (Wildman–Crippen LogP) is 6.74. The standard InChI is InChI=1S/C24H29NOS/c1-17-8-6-9-21(16-17)26-15-7-10-22-18(2)27-23(25-22)19-11-13-20(14-12-19)24(3,4)5/h6,8-9,11-14,16H,7,10,15H2,1-5H3. The first-order valence-corrected chi connectivity index (χ1v) is 10.4. The molecule has 0 aliphatic rings. The van der Waals surface area contributed by atoms with E-state index in [1.54, 1.807) is 11.3 Å². The fraction of sp³-hybridized carbons (Fsp3) is 0.375. The average molecular weight is 380 g/mol. The van der Waals surface area contributed by atoms with Crippen molar-refractivity contribution in [3.63, 3.8) is 0 Å². The summed E-state index contributed by atoms with van der Waals surface area (Å²) in [4.78, 5) is 6.20. The van der Waals surface area contributed by atoms with Gasteiger partial charge in [-0.2, -0.15) is 0 Å². The number of thiazole rings is 1. The molecular formula is C24H29NOS. The van der Waals surface area contributed by atoms with Crippen molar-refractivity contribution >= 4 is 11.3 Å². The van der Waals surface area contributed by atoms with Crippen molar-refractivity contribution in [3.05, 3.63) is 70.2 Å². The average Bonchev–Trinajstić information content (AvgIpc) is 2.99. The van der Waals surface area contributed by atoms with Gasteiger partial charge in [-0.3, -0.25) is 0 Å². The van der Waals surface area contributed by atoms with Crippen molar-refractivity contribution in [1.29, 1.82) is 0 Å². The minimum absolute atomic E-state index is 0.180. The summed E-state index contributed by atoms with van der Waals surface area (Å²) < 4.78 is 5.86. The molecule has 0 amide bonds. The lowest BCUT2D eigenvalue weighted by Crippen LogP contribution is -2.10. The summed E-state index contributed by atoms with van der Waals surface area (Å²) in [6, 6.07) is 17.1. The smallest absolute Gasteiger partial charge is 0.123 e. The van der Waals surface area contributed by atoms with Gasteiger partial charge in [-0.1, -0.05) is 57.2 Å². The second-order valence-electron chi connectivity index (χ2n) is 8.12. The largest absolute Gasteiger partial charge is 0.494 e. The van der Waals surface area contributed by atoms with Crippen LogP contribution in [0.25, 0.3) is 10.6 Å². The first-order chi connectivity index (χ1) is 12.8. The molecule has 2 aromatic carbocycles. The molecule has 0 aliphatic heterocycles. The fourth-order valence-corrected chi connectivity index (χ4v) is 4.00. The minimum atomic E-state index is 0.180. The fourth-order valence-electron chi connectivity index (χ4n) is 3.03. The number of rotatable bonds is 6. The van der Waals surface area contributed by atoms with Crippen LogP contribution >= 0.6 is 11.3 Å². The van der Waals surface area contributed by atoms with E-state index >= 15 is 0 Å². The van der Waals surface area contributed by atoms with Gasteiger partial charge in [-0.25, -0.2) is 4.98 Å². The zero-order chi connectivity index (χ0) is 19.4. The van der Waals surface area contributed by atoms with Crippen molar-refractivity contribution in [2.24, 2.45) is 0 Å². The lowest BCUT2D eigenvalue weighted by molar-refractivity contribution is 0.310. The van der Waals surface area contributed by atoms with Crippen LogP contribution in [0.2, 0.25) is 0 Å². The molecule has 3 heteroatoms. The summed E-state index contributed by atoms with van der Waals surface area (Å²) in [6.07, 6.45) is 1.93. The van der Waals surface area contributed by atoms with E-state index in [4.69, 9.17) is 9.72 Å². The first kappa shape index (κ1) is 19.6. The molecule has 0 fully saturated rings. The van der Waals surface area contributed by atoms with Crippen molar-refractivity contribution in [1.82, 2.24) is 4.98 Å². The third-order valence-corrected chi connectivity index (χ3v) is 5.77. The molecule has 0 bridgehead atoms. The molecule has 27 heavy (non-hydrogen) atoms. The Labute approximate surface area is 167 Å². The van der Waals surface area contributed by atoms with Crippen molar-refractivity contribution in [2.45, 2.75) is 52.9 Å². The van der Waals surface area contributed by atoms with Gasteiger partial charge in [0.05, 0.1) is 12.3 Å². The van der Waals surface area contributed by atoms with E-state index in [2.05, 4.69) is 71.0 Å². The molecule has 0 unspecified atom stereocenters. The summed E-state index contributed by atoms with van der Waals surface area (Å²) in [5.41, 5.74) is 5.17. The maximum Gasteiger partial charge on any atom is 0.123 e. The van der Waals surface area contributed by atoms with E-state index in [0.29, 0.717) is 0 Å². The SMILES string of the molecule is Cc1cccc(OCCCc2nc(-c3ccc(C(C)(C)C)cc3)sc2C)c1. The molecule has 142 valence electrons. The van der Waals surface area contributed by atoms with Gasteiger partial charge in [-0.15, -0.1) is 11.3 Å². The van der Waals surface area contributed by atoms with E-state index in [0.717, 1.165) is 30.2 Å². The Morgan fingerprint density at radius 3 is 2.41 bits per heavy atom. The number of ether oxygens (including phenoxy) is 1. The van der Waals surface area contributed by atoms with Crippen LogP contribution in [-0.4, -0.2) is 11.6 Å². The zero-order valence-corrected chi connectivity index (χ0v) is 17.8. The lowest BCUT2D eigenvalue weighted by atomic mass is 9.87. The van der Waals surface area contributed by atoms with E-state index in [-0.39, 0.29) is 5.41 Å². The summed E-state index contributed by atoms with van der Waals surface area (Å²) >= 11 is 1.79. The molecule has 0 spiro atoms. The number of nitrogens with zero attached hydrogens (tertiary/aromatic N) is 1. The molecule has 0 saturated carbocycles. The number of benzene rings is 2. The van der Waals surface area contributed by atoms with Crippen LogP contribution in [0.5, 0.6) is 5.75 Å². The maximum absolute atomic E-state index is 5.86. The molecule has 0 radical (unpaired) electrons. The van der Waals surface area contributed by atoms with Gasteiger partial charge < -0.3 is 4.74 Å². The summed E-state index contributed by atoms with van der Waals surface area (Å²) in [7, 11) is 0. The lowest BCUT2D eigenvalue weighted by Gasteiger charge is -2.18. The number of aromatic nitrogens is 1. The van der Waals surface area contributed by atoms with Crippen LogP contribution in [-0.2, 0) is 11.8 Å². The molecule has 2 nitrogen and oxygen atoms in total. The second-order valence-corrected chi connectivity index (χ2v) is 9.32. The number of hydrogen-bond acceptors (Lipinski definition) is 3. The van der Waals surface area contributed by atoms with Crippen LogP contribution in [0.4, 0.5) is 0 Å². The van der Waals surface area contributed by atoms with Gasteiger partial charge in [0.15, 0.2) is 0 Å². The molecule has 1 aromatic heterocycles. The highest BCUT2D eigenvalue weighted by Gasteiger charge is 2.14. The first-order valence-electron chi connectivity index (χ1n) is 9.59. The van der Waals surface area contributed by atoms with Crippen LogP contribution in [0.1, 0.15) is 48.9 Å². The van der Waals surface area contributed by atoms with E-state index in [9.17, 15) is 0 Å². The van der Waals surface area contributed by atoms with E-state index in [1.165, 1.54) is 27.3 Å². The van der Waals surface area contributed by atoms with Gasteiger partial charge >= 0.3 is 0 Å². The van der Waals surface area contributed by atoms with Gasteiger partial charge in [-0.05, 0) is 55.4 Å². The highest BCUT2D eigenvalue weighted by atomic mass is 32.1. The highest BCUT2D eigenvalue weighted by molar-refractivity contribution is 7.15. The third-order valence-electron chi connectivity index (χ3n) is 4.71.